The molecule has 172 valence electrons. The van der Waals surface area contributed by atoms with Crippen molar-refractivity contribution in [3.8, 4) is 0 Å². The smallest absolute Gasteiger partial charge is 0.324 e. The molecule has 0 unspecified atom stereocenters. The third kappa shape index (κ3) is 4.05. The number of nitrogens with one attached hydrogen (secondary N) is 4. The van der Waals surface area contributed by atoms with E-state index >= 15 is 0 Å². The lowest BCUT2D eigenvalue weighted by atomic mass is 9.93. The lowest BCUT2D eigenvalue weighted by molar-refractivity contribution is 0.103. The normalized spacial score (nSPS) is 11.8. The van der Waals surface area contributed by atoms with Gasteiger partial charge >= 0.3 is 6.03 Å². The molecule has 0 aliphatic carbocycles. The van der Waals surface area contributed by atoms with Crippen LogP contribution in [0.15, 0.2) is 59.1 Å². The summed E-state index contributed by atoms with van der Waals surface area (Å²) in [5.41, 5.74) is 4.14. The second-order valence-electron chi connectivity index (χ2n) is 9.44. The fourth-order valence-electron chi connectivity index (χ4n) is 3.87. The van der Waals surface area contributed by atoms with Crippen molar-refractivity contribution in [1.82, 2.24) is 15.1 Å². The van der Waals surface area contributed by atoms with Crippen LogP contribution in [0.1, 0.15) is 48.3 Å². The number of aromatic amines is 2. The van der Waals surface area contributed by atoms with Gasteiger partial charge in [0.1, 0.15) is 5.76 Å². The number of rotatable bonds is 4. The van der Waals surface area contributed by atoms with Gasteiger partial charge in [-0.2, -0.15) is 0 Å². The lowest BCUT2D eigenvalue weighted by Crippen LogP contribution is -2.19. The molecule has 0 aliphatic heterocycles. The Balaban J connectivity index is 1.33. The number of amides is 2. The molecule has 0 fully saturated rings. The Morgan fingerprint density at radius 1 is 0.912 bits per heavy atom. The van der Waals surface area contributed by atoms with E-state index < -0.39 is 6.03 Å². The maximum absolute atomic E-state index is 13.1. The zero-order chi connectivity index (χ0) is 24.0. The number of nitrogens with zero attached hydrogens (tertiary/aromatic N) is 1. The molecule has 4 N–H and O–H groups in total. The number of aromatic nitrogens is 3. The van der Waals surface area contributed by atoms with Gasteiger partial charge in [-0.25, -0.2) is 4.79 Å². The quantitative estimate of drug-likeness (QED) is 0.244. The molecule has 0 atom stereocenters. The minimum atomic E-state index is -0.440. The maximum atomic E-state index is 13.1. The van der Waals surface area contributed by atoms with Crippen LogP contribution in [0.4, 0.5) is 16.3 Å². The molecule has 3 heterocycles. The van der Waals surface area contributed by atoms with E-state index in [-0.39, 0.29) is 11.2 Å². The highest BCUT2D eigenvalue weighted by Crippen LogP contribution is 2.26. The number of H-pyrrole nitrogens is 2. The van der Waals surface area contributed by atoms with Gasteiger partial charge in [-0.15, -0.1) is 0 Å². The van der Waals surface area contributed by atoms with Crippen LogP contribution in [0, 0.1) is 6.92 Å². The van der Waals surface area contributed by atoms with Crippen molar-refractivity contribution in [2.24, 2.45) is 0 Å². The first-order valence-corrected chi connectivity index (χ1v) is 11.0. The van der Waals surface area contributed by atoms with E-state index in [2.05, 4.69) is 25.8 Å². The summed E-state index contributed by atoms with van der Waals surface area (Å²) >= 11 is 0. The summed E-state index contributed by atoms with van der Waals surface area (Å²) in [5.74, 6) is 0.891. The second kappa shape index (κ2) is 7.91. The van der Waals surface area contributed by atoms with Crippen molar-refractivity contribution in [2.75, 3.05) is 10.6 Å². The van der Waals surface area contributed by atoms with Crippen LogP contribution in [-0.4, -0.2) is 26.9 Å². The van der Waals surface area contributed by atoms with E-state index in [1.54, 1.807) is 18.2 Å². The summed E-state index contributed by atoms with van der Waals surface area (Å²) in [6.45, 7) is 8.02. The predicted molar refractivity (Wildman–Crippen MR) is 133 cm³/mol. The molecular formula is C26H25N5O3. The van der Waals surface area contributed by atoms with Gasteiger partial charge in [-0.05, 0) is 42.8 Å². The van der Waals surface area contributed by atoms with Gasteiger partial charge in [0.25, 0.3) is 0 Å². The molecule has 8 nitrogen and oxygen atoms in total. The SMILES string of the molecule is Cc1cccc2[nH]c(C(=O)c3cc4ccc(NC(=O)Nc5cc(C(C)(C)C)on5)cc4[nH]3)cc12. The van der Waals surface area contributed by atoms with Gasteiger partial charge in [0.2, 0.25) is 5.78 Å². The highest BCUT2D eigenvalue weighted by molar-refractivity contribution is 6.11. The fraction of sp³-hybridized carbons (Fsp3) is 0.192. The van der Waals surface area contributed by atoms with E-state index in [1.165, 1.54) is 0 Å². The predicted octanol–water partition coefficient (Wildman–Crippen LogP) is 6.12. The number of urea groups is 1. The largest absolute Gasteiger partial charge is 0.359 e. The highest BCUT2D eigenvalue weighted by atomic mass is 16.5. The van der Waals surface area contributed by atoms with Crippen molar-refractivity contribution in [1.29, 1.82) is 0 Å². The Bertz CT molecular complexity index is 1550. The average molecular weight is 456 g/mol. The van der Waals surface area contributed by atoms with Gasteiger partial charge in [-0.3, -0.25) is 10.1 Å². The molecule has 5 rings (SSSR count). The van der Waals surface area contributed by atoms with Crippen LogP contribution < -0.4 is 10.6 Å². The Hall–Kier alpha value is -4.33. The summed E-state index contributed by atoms with van der Waals surface area (Å²) < 4.78 is 5.29. The molecule has 0 radical (unpaired) electrons. The van der Waals surface area contributed by atoms with Crippen LogP contribution in [-0.2, 0) is 5.41 Å². The number of benzene rings is 2. The van der Waals surface area contributed by atoms with E-state index in [9.17, 15) is 9.59 Å². The van der Waals surface area contributed by atoms with Crippen molar-refractivity contribution in [2.45, 2.75) is 33.1 Å². The van der Waals surface area contributed by atoms with Crippen LogP contribution in [0.3, 0.4) is 0 Å². The van der Waals surface area contributed by atoms with Gasteiger partial charge in [0.05, 0.1) is 11.4 Å². The molecule has 0 saturated carbocycles. The number of anilines is 2. The van der Waals surface area contributed by atoms with Crippen LogP contribution in [0.5, 0.6) is 0 Å². The van der Waals surface area contributed by atoms with Gasteiger partial charge in [0, 0.05) is 39.0 Å². The number of hydrogen-bond donors (Lipinski definition) is 4. The summed E-state index contributed by atoms with van der Waals surface area (Å²) in [5, 5.41) is 11.2. The van der Waals surface area contributed by atoms with Crippen LogP contribution in [0.25, 0.3) is 21.8 Å². The van der Waals surface area contributed by atoms with E-state index in [0.29, 0.717) is 28.7 Å². The number of carbonyl (C=O) groups is 2. The lowest BCUT2D eigenvalue weighted by Gasteiger charge is -2.12. The number of hydrogen-bond acceptors (Lipinski definition) is 4. The summed E-state index contributed by atoms with van der Waals surface area (Å²) in [7, 11) is 0. The van der Waals surface area contributed by atoms with E-state index in [4.69, 9.17) is 4.52 Å². The summed E-state index contributed by atoms with van der Waals surface area (Å²) in [6.07, 6.45) is 0. The van der Waals surface area contributed by atoms with Crippen molar-refractivity contribution in [3.63, 3.8) is 0 Å². The van der Waals surface area contributed by atoms with Gasteiger partial charge in [0.15, 0.2) is 5.82 Å². The molecular weight excluding hydrogens is 430 g/mol. The highest BCUT2D eigenvalue weighted by Gasteiger charge is 2.20. The first-order chi connectivity index (χ1) is 16.2. The van der Waals surface area contributed by atoms with Crippen molar-refractivity contribution >= 4 is 45.1 Å². The van der Waals surface area contributed by atoms with E-state index in [0.717, 1.165) is 27.4 Å². The van der Waals surface area contributed by atoms with Crippen LogP contribution in [0.2, 0.25) is 0 Å². The zero-order valence-electron chi connectivity index (χ0n) is 19.4. The summed E-state index contributed by atoms with van der Waals surface area (Å²) in [6, 6.07) is 16.3. The molecule has 34 heavy (non-hydrogen) atoms. The first-order valence-electron chi connectivity index (χ1n) is 11.0. The zero-order valence-corrected chi connectivity index (χ0v) is 19.4. The number of aryl methyl sites for hydroxylation is 1. The Morgan fingerprint density at radius 2 is 1.68 bits per heavy atom. The first kappa shape index (κ1) is 21.5. The molecule has 0 saturated heterocycles. The number of carbonyl (C=O) groups excluding carboxylic acids is 2. The molecule has 5 aromatic rings. The Labute approximate surface area is 195 Å². The van der Waals surface area contributed by atoms with Crippen molar-refractivity contribution in [3.05, 3.63) is 77.3 Å². The molecule has 2 aromatic carbocycles. The average Bonchev–Trinajstić information content (AvgIpc) is 3.50. The second-order valence-corrected chi connectivity index (χ2v) is 9.44. The van der Waals surface area contributed by atoms with Crippen LogP contribution >= 0.6 is 0 Å². The molecule has 2 amide bonds. The number of fused-ring (bicyclic) bond motifs is 2. The minimum Gasteiger partial charge on any atom is -0.359 e. The number of ketones is 1. The van der Waals surface area contributed by atoms with E-state index in [1.807, 2.05) is 64.1 Å². The molecule has 0 spiro atoms. The van der Waals surface area contributed by atoms with Crippen molar-refractivity contribution < 1.29 is 14.1 Å². The summed E-state index contributed by atoms with van der Waals surface area (Å²) in [4.78, 5) is 31.9. The molecule has 3 aromatic heterocycles. The van der Waals surface area contributed by atoms with Gasteiger partial charge < -0.3 is 19.8 Å². The topological polar surface area (TPSA) is 116 Å². The van der Waals surface area contributed by atoms with Gasteiger partial charge in [-0.1, -0.05) is 44.1 Å². The molecule has 0 aliphatic rings. The third-order valence-corrected chi connectivity index (χ3v) is 5.74. The standard InChI is InChI=1S/C26H25N5O3/c1-14-6-5-7-18-17(14)12-21(28-18)24(32)20-10-15-8-9-16(11-19(15)29-20)27-25(33)30-23-13-22(34-31-23)26(2,3)4/h5-13,28-29H,1-4H3,(H2,27,30,31,33). The maximum Gasteiger partial charge on any atom is 0.324 e. The molecule has 0 bridgehead atoms. The third-order valence-electron chi connectivity index (χ3n) is 5.74. The Kier molecular flexibility index (Phi) is 5.01. The Morgan fingerprint density at radius 3 is 2.41 bits per heavy atom. The fourth-order valence-corrected chi connectivity index (χ4v) is 3.87. The minimum absolute atomic E-state index is 0.125. The monoisotopic (exact) mass is 455 g/mol. The molecule has 8 heteroatoms.